The van der Waals surface area contributed by atoms with Crippen molar-refractivity contribution in [1.82, 2.24) is 5.32 Å². The highest BCUT2D eigenvalue weighted by Crippen LogP contribution is 2.40. The zero-order chi connectivity index (χ0) is 12.8. The SMILES string of the molecule is CCC(CC)(CO)CNCC1(CC)CCCC1. The second kappa shape index (κ2) is 6.75. The third kappa shape index (κ3) is 3.69. The summed E-state index contributed by atoms with van der Waals surface area (Å²) in [5.74, 6) is 0. The van der Waals surface area contributed by atoms with Crippen LogP contribution in [0.15, 0.2) is 0 Å². The quantitative estimate of drug-likeness (QED) is 0.683. The summed E-state index contributed by atoms with van der Waals surface area (Å²) < 4.78 is 0. The lowest BCUT2D eigenvalue weighted by Gasteiger charge is -2.33. The number of hydrogen-bond donors (Lipinski definition) is 2. The molecule has 17 heavy (non-hydrogen) atoms. The maximum Gasteiger partial charge on any atom is 0.0499 e. The highest BCUT2D eigenvalue weighted by molar-refractivity contribution is 4.87. The summed E-state index contributed by atoms with van der Waals surface area (Å²) in [5.41, 5.74) is 0.663. The molecule has 0 aromatic heterocycles. The van der Waals surface area contributed by atoms with Crippen LogP contribution in [0, 0.1) is 10.8 Å². The molecule has 0 aliphatic heterocycles. The molecular formula is C15H31NO. The molecule has 0 heterocycles. The van der Waals surface area contributed by atoms with Gasteiger partial charge in [0.05, 0.1) is 0 Å². The van der Waals surface area contributed by atoms with E-state index in [1.807, 2.05) is 0 Å². The summed E-state index contributed by atoms with van der Waals surface area (Å²) in [6.07, 6.45) is 9.01. The maximum absolute atomic E-state index is 9.55. The van der Waals surface area contributed by atoms with Crippen LogP contribution >= 0.6 is 0 Å². The van der Waals surface area contributed by atoms with Gasteiger partial charge in [-0.3, -0.25) is 0 Å². The first-order valence-corrected chi connectivity index (χ1v) is 7.47. The lowest BCUT2D eigenvalue weighted by Crippen LogP contribution is -2.41. The minimum absolute atomic E-state index is 0.105. The standard InChI is InChI=1S/C15H31NO/c1-4-14(5-2,13-17)11-16-12-15(6-3)9-7-8-10-15/h16-17H,4-13H2,1-3H3. The Kier molecular flexibility index (Phi) is 5.94. The molecule has 2 N–H and O–H groups in total. The van der Waals surface area contributed by atoms with Gasteiger partial charge in [-0.15, -0.1) is 0 Å². The summed E-state index contributed by atoms with van der Waals surface area (Å²) in [6, 6.07) is 0. The predicted octanol–water partition coefficient (Wildman–Crippen LogP) is 3.35. The Labute approximate surface area is 107 Å². The molecule has 2 nitrogen and oxygen atoms in total. The fraction of sp³-hybridized carbons (Fsp3) is 1.00. The Hall–Kier alpha value is -0.0800. The van der Waals surface area contributed by atoms with Crippen molar-refractivity contribution in [3.8, 4) is 0 Å². The Morgan fingerprint density at radius 1 is 1.12 bits per heavy atom. The molecule has 0 saturated heterocycles. The fourth-order valence-electron chi connectivity index (χ4n) is 3.15. The van der Waals surface area contributed by atoms with Crippen molar-refractivity contribution in [1.29, 1.82) is 0 Å². The minimum atomic E-state index is 0.105. The van der Waals surface area contributed by atoms with Crippen molar-refractivity contribution < 1.29 is 5.11 Å². The van der Waals surface area contributed by atoms with E-state index in [4.69, 9.17) is 0 Å². The molecule has 0 amide bonds. The van der Waals surface area contributed by atoms with E-state index in [0.29, 0.717) is 12.0 Å². The third-order valence-corrected chi connectivity index (χ3v) is 5.25. The largest absolute Gasteiger partial charge is 0.396 e. The van der Waals surface area contributed by atoms with Gasteiger partial charge in [0.2, 0.25) is 0 Å². The van der Waals surface area contributed by atoms with Gasteiger partial charge < -0.3 is 10.4 Å². The van der Waals surface area contributed by atoms with Crippen molar-refractivity contribution >= 4 is 0 Å². The van der Waals surface area contributed by atoms with Crippen molar-refractivity contribution in [2.45, 2.75) is 65.7 Å². The molecule has 0 unspecified atom stereocenters. The monoisotopic (exact) mass is 241 g/mol. The van der Waals surface area contributed by atoms with E-state index in [-0.39, 0.29) is 5.41 Å². The molecule has 0 spiro atoms. The molecule has 1 fully saturated rings. The Morgan fingerprint density at radius 3 is 2.12 bits per heavy atom. The zero-order valence-electron chi connectivity index (χ0n) is 12.0. The molecule has 1 aliphatic rings. The number of aliphatic hydroxyl groups is 1. The van der Waals surface area contributed by atoms with Crippen LogP contribution in [0.5, 0.6) is 0 Å². The summed E-state index contributed by atoms with van der Waals surface area (Å²) >= 11 is 0. The Morgan fingerprint density at radius 2 is 1.71 bits per heavy atom. The van der Waals surface area contributed by atoms with Crippen LogP contribution in [0.4, 0.5) is 0 Å². The average Bonchev–Trinajstić information content (AvgIpc) is 2.85. The summed E-state index contributed by atoms with van der Waals surface area (Å²) in [4.78, 5) is 0. The van der Waals surface area contributed by atoms with Gasteiger partial charge in [0.25, 0.3) is 0 Å². The summed E-state index contributed by atoms with van der Waals surface area (Å²) in [5, 5.41) is 13.2. The van der Waals surface area contributed by atoms with Crippen molar-refractivity contribution in [2.75, 3.05) is 19.7 Å². The Bertz CT molecular complexity index is 188. The molecule has 0 atom stereocenters. The van der Waals surface area contributed by atoms with E-state index >= 15 is 0 Å². The Balaban J connectivity index is 2.39. The molecule has 1 rings (SSSR count). The van der Waals surface area contributed by atoms with Crippen molar-refractivity contribution in [3.05, 3.63) is 0 Å². The third-order valence-electron chi connectivity index (χ3n) is 5.25. The number of nitrogens with one attached hydrogen (secondary N) is 1. The average molecular weight is 241 g/mol. The lowest BCUT2D eigenvalue weighted by molar-refractivity contribution is 0.107. The number of hydrogen-bond acceptors (Lipinski definition) is 2. The number of rotatable bonds is 8. The normalized spacial score (nSPS) is 19.8. The zero-order valence-corrected chi connectivity index (χ0v) is 12.0. The van der Waals surface area contributed by atoms with Gasteiger partial charge in [-0.05, 0) is 37.5 Å². The molecule has 102 valence electrons. The highest BCUT2D eigenvalue weighted by atomic mass is 16.3. The van der Waals surface area contributed by atoms with Crippen LogP contribution in [0.25, 0.3) is 0 Å². The molecule has 1 aliphatic carbocycles. The van der Waals surface area contributed by atoms with E-state index in [1.54, 1.807) is 0 Å². The van der Waals surface area contributed by atoms with Gasteiger partial charge in [-0.2, -0.15) is 0 Å². The highest BCUT2D eigenvalue weighted by Gasteiger charge is 2.32. The molecule has 0 radical (unpaired) electrons. The first-order chi connectivity index (χ1) is 8.16. The second-order valence-electron chi connectivity index (χ2n) is 6.03. The van der Waals surface area contributed by atoms with E-state index in [0.717, 1.165) is 25.9 Å². The molecule has 0 bridgehead atoms. The smallest absolute Gasteiger partial charge is 0.0499 e. The first-order valence-electron chi connectivity index (χ1n) is 7.47. The van der Waals surface area contributed by atoms with Crippen LogP contribution in [0.3, 0.4) is 0 Å². The molecule has 0 aromatic carbocycles. The van der Waals surface area contributed by atoms with Crippen molar-refractivity contribution in [3.63, 3.8) is 0 Å². The van der Waals surface area contributed by atoms with E-state index < -0.39 is 0 Å². The number of aliphatic hydroxyl groups excluding tert-OH is 1. The lowest BCUT2D eigenvalue weighted by atomic mass is 9.81. The maximum atomic E-state index is 9.55. The predicted molar refractivity (Wildman–Crippen MR) is 74.2 cm³/mol. The molecule has 2 heteroatoms. The molecular weight excluding hydrogens is 210 g/mol. The van der Waals surface area contributed by atoms with Gasteiger partial charge >= 0.3 is 0 Å². The second-order valence-corrected chi connectivity index (χ2v) is 6.03. The van der Waals surface area contributed by atoms with E-state index in [1.165, 1.54) is 32.1 Å². The van der Waals surface area contributed by atoms with Gasteiger partial charge in [0.15, 0.2) is 0 Å². The van der Waals surface area contributed by atoms with Crippen LogP contribution in [-0.2, 0) is 0 Å². The van der Waals surface area contributed by atoms with Crippen LogP contribution in [0.2, 0.25) is 0 Å². The van der Waals surface area contributed by atoms with E-state index in [9.17, 15) is 5.11 Å². The topological polar surface area (TPSA) is 32.3 Å². The van der Waals surface area contributed by atoms with Gasteiger partial charge in [-0.25, -0.2) is 0 Å². The fourth-order valence-corrected chi connectivity index (χ4v) is 3.15. The van der Waals surface area contributed by atoms with Crippen LogP contribution < -0.4 is 5.32 Å². The minimum Gasteiger partial charge on any atom is -0.396 e. The molecule has 1 saturated carbocycles. The summed E-state index contributed by atoms with van der Waals surface area (Å²) in [6.45, 7) is 9.13. The first kappa shape index (κ1) is 15.0. The van der Waals surface area contributed by atoms with Crippen molar-refractivity contribution in [2.24, 2.45) is 10.8 Å². The molecule has 0 aromatic rings. The van der Waals surface area contributed by atoms with Gasteiger partial charge in [0, 0.05) is 25.1 Å². The van der Waals surface area contributed by atoms with Gasteiger partial charge in [0.1, 0.15) is 0 Å². The van der Waals surface area contributed by atoms with Crippen LogP contribution in [0.1, 0.15) is 65.7 Å². The summed E-state index contributed by atoms with van der Waals surface area (Å²) in [7, 11) is 0. The van der Waals surface area contributed by atoms with E-state index in [2.05, 4.69) is 26.1 Å². The van der Waals surface area contributed by atoms with Crippen LogP contribution in [-0.4, -0.2) is 24.8 Å². The van der Waals surface area contributed by atoms with Gasteiger partial charge in [-0.1, -0.05) is 33.6 Å².